The molecule has 0 aromatic heterocycles. The van der Waals surface area contributed by atoms with Gasteiger partial charge >= 0.3 is 0 Å². The predicted molar refractivity (Wildman–Crippen MR) is 78.4 cm³/mol. The number of aliphatic hydroxyl groups is 1. The normalized spacial score (nSPS) is 12.2. The Morgan fingerprint density at radius 1 is 0.947 bits per heavy atom. The number of ether oxygens (including phenoxy) is 1. The summed E-state index contributed by atoms with van der Waals surface area (Å²) in [5, 5.41) is 11.5. The minimum absolute atomic E-state index is 0.125. The Hall–Kier alpha value is -0.930. The molecule has 0 radical (unpaired) electrons. The lowest BCUT2D eigenvalue weighted by atomic mass is 10.1. The molecule has 2 aromatic carbocycles. The van der Waals surface area contributed by atoms with Crippen LogP contribution >= 0.6 is 34.8 Å². The van der Waals surface area contributed by atoms with Crippen molar-refractivity contribution in [3.8, 4) is 5.75 Å². The highest BCUT2D eigenvalue weighted by Crippen LogP contribution is 2.26. The second kappa shape index (κ2) is 6.49. The molecule has 2 rings (SSSR count). The van der Waals surface area contributed by atoms with E-state index in [1.807, 2.05) is 0 Å². The second-order valence-corrected chi connectivity index (χ2v) is 5.21. The van der Waals surface area contributed by atoms with Crippen molar-refractivity contribution in [2.75, 3.05) is 6.61 Å². The van der Waals surface area contributed by atoms with Gasteiger partial charge in [-0.05, 0) is 42.0 Å². The lowest BCUT2D eigenvalue weighted by molar-refractivity contribution is 0.108. The van der Waals surface area contributed by atoms with Crippen LogP contribution in [0.15, 0.2) is 42.5 Å². The number of aliphatic hydroxyl groups excluding tert-OH is 1. The van der Waals surface area contributed by atoms with E-state index in [-0.39, 0.29) is 6.61 Å². The van der Waals surface area contributed by atoms with Gasteiger partial charge in [0.2, 0.25) is 0 Å². The maximum atomic E-state index is 10.00. The van der Waals surface area contributed by atoms with Crippen molar-refractivity contribution in [2.45, 2.75) is 6.10 Å². The summed E-state index contributed by atoms with van der Waals surface area (Å²) >= 11 is 17.5. The van der Waals surface area contributed by atoms with Gasteiger partial charge in [0, 0.05) is 5.02 Å². The smallest absolute Gasteiger partial charge is 0.119 e. The van der Waals surface area contributed by atoms with E-state index in [2.05, 4.69) is 0 Å². The Labute approximate surface area is 126 Å². The molecule has 0 aliphatic rings. The second-order valence-electron chi connectivity index (χ2n) is 3.95. The van der Waals surface area contributed by atoms with Crippen molar-refractivity contribution in [3.05, 3.63) is 63.1 Å². The minimum Gasteiger partial charge on any atom is -0.491 e. The molecule has 100 valence electrons. The van der Waals surface area contributed by atoms with Gasteiger partial charge in [0.1, 0.15) is 18.5 Å². The lowest BCUT2D eigenvalue weighted by Crippen LogP contribution is -2.09. The lowest BCUT2D eigenvalue weighted by Gasteiger charge is -2.13. The topological polar surface area (TPSA) is 29.5 Å². The first-order chi connectivity index (χ1) is 9.06. The standard InChI is InChI=1S/C14H11Cl3O2/c15-10-2-4-11(5-3-10)19-8-14(18)9-1-6-12(16)13(17)7-9/h1-7,14,18H,8H2. The van der Waals surface area contributed by atoms with Crippen LogP contribution in [0.3, 0.4) is 0 Å². The average molecular weight is 318 g/mol. The van der Waals surface area contributed by atoms with Gasteiger partial charge in [0.25, 0.3) is 0 Å². The predicted octanol–water partition coefficient (Wildman–Crippen LogP) is 4.76. The summed E-state index contributed by atoms with van der Waals surface area (Å²) in [4.78, 5) is 0. The zero-order chi connectivity index (χ0) is 13.8. The van der Waals surface area contributed by atoms with Gasteiger partial charge in [-0.25, -0.2) is 0 Å². The van der Waals surface area contributed by atoms with Gasteiger partial charge < -0.3 is 9.84 Å². The summed E-state index contributed by atoms with van der Waals surface area (Å²) in [7, 11) is 0. The molecule has 0 amide bonds. The number of hydrogen-bond donors (Lipinski definition) is 1. The van der Waals surface area contributed by atoms with Gasteiger partial charge in [-0.15, -0.1) is 0 Å². The van der Waals surface area contributed by atoms with Gasteiger partial charge in [0.05, 0.1) is 10.0 Å². The first kappa shape index (κ1) is 14.5. The molecule has 19 heavy (non-hydrogen) atoms. The van der Waals surface area contributed by atoms with Crippen LogP contribution in [0.2, 0.25) is 15.1 Å². The van der Waals surface area contributed by atoms with Crippen molar-refractivity contribution in [3.63, 3.8) is 0 Å². The van der Waals surface area contributed by atoms with Crippen LogP contribution in [0.5, 0.6) is 5.75 Å². The largest absolute Gasteiger partial charge is 0.491 e. The summed E-state index contributed by atoms with van der Waals surface area (Å²) in [6, 6.07) is 11.9. The maximum Gasteiger partial charge on any atom is 0.119 e. The van der Waals surface area contributed by atoms with E-state index in [0.29, 0.717) is 26.4 Å². The van der Waals surface area contributed by atoms with E-state index < -0.39 is 6.10 Å². The summed E-state index contributed by atoms with van der Waals surface area (Å²) in [6.07, 6.45) is -0.773. The Morgan fingerprint density at radius 2 is 1.63 bits per heavy atom. The summed E-state index contributed by atoms with van der Waals surface area (Å²) in [5.74, 6) is 0.642. The van der Waals surface area contributed by atoms with Crippen molar-refractivity contribution in [1.29, 1.82) is 0 Å². The molecule has 2 aromatic rings. The molecule has 5 heteroatoms. The molecular weight excluding hydrogens is 307 g/mol. The van der Waals surface area contributed by atoms with E-state index in [4.69, 9.17) is 39.5 Å². The molecule has 1 unspecified atom stereocenters. The number of halogens is 3. The van der Waals surface area contributed by atoms with Crippen LogP contribution in [0, 0.1) is 0 Å². The van der Waals surface area contributed by atoms with Gasteiger partial charge in [-0.3, -0.25) is 0 Å². The molecule has 1 N–H and O–H groups in total. The third-order valence-corrected chi connectivity index (χ3v) is 3.54. The Kier molecular flexibility index (Phi) is 4.94. The molecule has 0 saturated carbocycles. The van der Waals surface area contributed by atoms with Crippen molar-refractivity contribution in [2.24, 2.45) is 0 Å². The quantitative estimate of drug-likeness (QED) is 0.881. The van der Waals surface area contributed by atoms with Crippen LogP contribution < -0.4 is 4.74 Å². The molecule has 0 heterocycles. The van der Waals surface area contributed by atoms with E-state index >= 15 is 0 Å². The Morgan fingerprint density at radius 3 is 2.26 bits per heavy atom. The van der Waals surface area contributed by atoms with Crippen LogP contribution in [-0.4, -0.2) is 11.7 Å². The van der Waals surface area contributed by atoms with Crippen LogP contribution in [0.4, 0.5) is 0 Å². The summed E-state index contributed by atoms with van der Waals surface area (Å²) in [5.41, 5.74) is 0.656. The first-order valence-corrected chi connectivity index (χ1v) is 6.71. The molecule has 0 aliphatic carbocycles. The molecule has 0 fully saturated rings. The van der Waals surface area contributed by atoms with Gasteiger partial charge in [-0.2, -0.15) is 0 Å². The highest BCUT2D eigenvalue weighted by atomic mass is 35.5. The number of hydrogen-bond acceptors (Lipinski definition) is 2. The number of rotatable bonds is 4. The van der Waals surface area contributed by atoms with E-state index in [9.17, 15) is 5.11 Å². The van der Waals surface area contributed by atoms with Crippen LogP contribution in [0.25, 0.3) is 0 Å². The fourth-order valence-electron chi connectivity index (χ4n) is 1.52. The van der Waals surface area contributed by atoms with Crippen molar-refractivity contribution in [1.82, 2.24) is 0 Å². The highest BCUT2D eigenvalue weighted by Gasteiger charge is 2.10. The average Bonchev–Trinajstić information content (AvgIpc) is 2.41. The highest BCUT2D eigenvalue weighted by molar-refractivity contribution is 6.42. The third-order valence-electron chi connectivity index (χ3n) is 2.55. The molecular formula is C14H11Cl3O2. The minimum atomic E-state index is -0.773. The number of benzene rings is 2. The van der Waals surface area contributed by atoms with E-state index in [1.165, 1.54) is 0 Å². The fourth-order valence-corrected chi connectivity index (χ4v) is 1.95. The molecule has 1 atom stereocenters. The van der Waals surface area contributed by atoms with Crippen LogP contribution in [0.1, 0.15) is 11.7 Å². The van der Waals surface area contributed by atoms with Gasteiger partial charge in [-0.1, -0.05) is 40.9 Å². The third kappa shape index (κ3) is 4.02. The zero-order valence-electron chi connectivity index (χ0n) is 9.82. The van der Waals surface area contributed by atoms with Crippen molar-refractivity contribution >= 4 is 34.8 Å². The Balaban J connectivity index is 1.98. The molecule has 0 bridgehead atoms. The summed E-state index contributed by atoms with van der Waals surface area (Å²) in [6.45, 7) is 0.125. The van der Waals surface area contributed by atoms with E-state index in [1.54, 1.807) is 42.5 Å². The SMILES string of the molecule is OC(COc1ccc(Cl)cc1)c1ccc(Cl)c(Cl)c1. The van der Waals surface area contributed by atoms with E-state index in [0.717, 1.165) is 0 Å². The van der Waals surface area contributed by atoms with Crippen molar-refractivity contribution < 1.29 is 9.84 Å². The Bertz CT molecular complexity index is 555. The monoisotopic (exact) mass is 316 g/mol. The molecule has 2 nitrogen and oxygen atoms in total. The zero-order valence-corrected chi connectivity index (χ0v) is 12.1. The van der Waals surface area contributed by atoms with Gasteiger partial charge in [0.15, 0.2) is 0 Å². The summed E-state index contributed by atoms with van der Waals surface area (Å²) < 4.78 is 5.46. The fraction of sp³-hybridized carbons (Fsp3) is 0.143. The van der Waals surface area contributed by atoms with Crippen LogP contribution in [-0.2, 0) is 0 Å². The molecule has 0 spiro atoms. The molecule has 0 aliphatic heterocycles. The molecule has 0 saturated heterocycles. The first-order valence-electron chi connectivity index (χ1n) is 5.57. The maximum absolute atomic E-state index is 10.00.